The van der Waals surface area contributed by atoms with Gasteiger partial charge in [-0.3, -0.25) is 48.1 Å². The summed E-state index contributed by atoms with van der Waals surface area (Å²) in [6.07, 6.45) is 4.87. The van der Waals surface area contributed by atoms with E-state index in [-0.39, 0.29) is 50.1 Å². The molecule has 22 nitrogen and oxygen atoms in total. The van der Waals surface area contributed by atoms with Crippen LogP contribution in [0.3, 0.4) is 0 Å². The minimum Gasteiger partial charge on any atom is -0.387 e. The summed E-state index contributed by atoms with van der Waals surface area (Å²) in [5, 5.41) is 28.3. The highest BCUT2D eigenvalue weighted by Crippen LogP contribution is 2.41. The third-order valence-corrected chi connectivity index (χ3v) is 12.6. The van der Waals surface area contributed by atoms with Crippen molar-refractivity contribution in [3.8, 4) is 11.1 Å². The first-order valence-corrected chi connectivity index (χ1v) is 25.9. The highest BCUT2D eigenvalue weighted by molar-refractivity contribution is 5.97. The number of pyridine rings is 1. The van der Waals surface area contributed by atoms with Gasteiger partial charge >= 0.3 is 0 Å². The number of carbonyl (C=O) groups is 9. The number of aromatic nitrogens is 2. The van der Waals surface area contributed by atoms with Gasteiger partial charge in [-0.1, -0.05) is 51.1 Å². The molecule has 79 heavy (non-hydrogen) atoms. The molecule has 2 aromatic heterocycles. The smallest absolute Gasteiger partial charge is 0.248 e. The number of aliphatic hydroxyl groups is 1. The van der Waals surface area contributed by atoms with Gasteiger partial charge in [0.05, 0.1) is 18.9 Å². The molecule has 428 valence electrons. The van der Waals surface area contributed by atoms with Gasteiger partial charge in [0.25, 0.3) is 0 Å². The topological polar surface area (TPSA) is 331 Å². The second kappa shape index (κ2) is 30.7. The van der Waals surface area contributed by atoms with Crippen molar-refractivity contribution < 1.29 is 57.0 Å². The Morgan fingerprint density at radius 1 is 0.722 bits per heavy atom. The number of benzene rings is 2. The standard InChI is InChI=1S/C55H74F2N12O10/c1-33(63-47(73)26-36-17-21-60-22-18-36)50(75)64-34(2)51(76)67-44(29-46(59)72)54(79)66-43(53(78)62-24-23-61-52(77)42(65-35(3)71)14-10-11-20-58)19-25-69(48(74)32-70)49(55(4,5)6)45-27-38(40-28-39(56)15-16-41(40)57)31-68(45)30-37-12-8-7-9-13-37/h7-9,12-13,15-18,21-22,27-28,31,33-34,42-44,49,70H,10-11,14,19-20,23-26,29-30,32,58H2,1-6H3,(H2,59,72)(H,61,77)(H,62,78)(H,63,73)(H,64,75)(H,65,71)(H,66,79)(H,67,76)/t33-,34-,42-,43-,44-,49-/m0/s1. The van der Waals surface area contributed by atoms with Crippen LogP contribution < -0.4 is 48.7 Å². The third-order valence-electron chi connectivity index (χ3n) is 12.6. The maximum Gasteiger partial charge on any atom is 0.248 e. The maximum atomic E-state index is 15.4. The number of halogens is 2. The monoisotopic (exact) mass is 1100 g/mol. The zero-order valence-electron chi connectivity index (χ0n) is 45.4. The van der Waals surface area contributed by atoms with Crippen molar-refractivity contribution in [2.75, 3.05) is 32.8 Å². The number of nitrogens with zero attached hydrogens (tertiary/aromatic N) is 3. The van der Waals surface area contributed by atoms with Gasteiger partial charge in [-0.05, 0) is 99.0 Å². The number of rotatable bonds is 30. The Balaban J connectivity index is 1.66. The molecule has 6 atom stereocenters. The lowest BCUT2D eigenvalue weighted by atomic mass is 9.82. The average Bonchev–Trinajstić information content (AvgIpc) is 3.91. The number of nitrogens with two attached hydrogens (primary N) is 2. The van der Waals surface area contributed by atoms with Crippen LogP contribution in [0.4, 0.5) is 8.78 Å². The van der Waals surface area contributed by atoms with Gasteiger partial charge in [-0.25, -0.2) is 8.78 Å². The maximum absolute atomic E-state index is 15.4. The van der Waals surface area contributed by atoms with Crippen LogP contribution >= 0.6 is 0 Å². The van der Waals surface area contributed by atoms with E-state index < -0.39 is 119 Å². The lowest BCUT2D eigenvalue weighted by Crippen LogP contribution is -2.58. The normalized spacial score (nSPS) is 13.5. The molecular weight excluding hydrogens is 1030 g/mol. The van der Waals surface area contributed by atoms with E-state index in [1.54, 1.807) is 29.0 Å². The molecule has 24 heteroatoms. The largest absolute Gasteiger partial charge is 0.387 e. The molecule has 2 aromatic carbocycles. The molecule has 0 fully saturated rings. The van der Waals surface area contributed by atoms with Gasteiger partial charge in [0.15, 0.2) is 0 Å². The molecular formula is C55H74F2N12O10. The van der Waals surface area contributed by atoms with Gasteiger partial charge in [-0.15, -0.1) is 0 Å². The SMILES string of the molecule is CC(=O)N[C@@H](CCCCN)C(=O)NCCNC(=O)[C@H](CCN(C(=O)CO)[C@@H](c1cc(-c2cc(F)ccc2F)cn1Cc1ccccc1)C(C)(C)C)NC(=O)[C@H](CC(N)=O)NC(=O)[C@H](C)NC(=O)[C@H](C)NC(=O)Cc1ccncc1. The molecule has 0 bridgehead atoms. The fourth-order valence-corrected chi connectivity index (χ4v) is 8.69. The molecule has 0 unspecified atom stereocenters. The number of amides is 9. The van der Waals surface area contributed by atoms with Crippen LogP contribution in [0.5, 0.6) is 0 Å². The second-order valence-electron chi connectivity index (χ2n) is 20.2. The van der Waals surface area contributed by atoms with Gasteiger partial charge < -0.3 is 63.3 Å². The van der Waals surface area contributed by atoms with E-state index in [1.165, 1.54) is 38.1 Å². The van der Waals surface area contributed by atoms with Crippen LogP contribution in [0.1, 0.15) is 96.5 Å². The summed E-state index contributed by atoms with van der Waals surface area (Å²) in [5.74, 6) is -8.36. The van der Waals surface area contributed by atoms with Gasteiger partial charge in [0.1, 0.15) is 48.5 Å². The molecule has 4 rings (SSSR count). The number of nitrogens with one attached hydrogen (secondary N) is 7. The number of unbranched alkanes of at least 4 members (excludes halogenated alkanes) is 1. The van der Waals surface area contributed by atoms with E-state index in [4.69, 9.17) is 11.5 Å². The van der Waals surface area contributed by atoms with Crippen molar-refractivity contribution in [1.82, 2.24) is 51.7 Å². The number of hydrogen-bond donors (Lipinski definition) is 10. The summed E-state index contributed by atoms with van der Waals surface area (Å²) in [5.41, 5.74) is 12.4. The van der Waals surface area contributed by atoms with Crippen LogP contribution in [0.15, 0.2) is 85.3 Å². The summed E-state index contributed by atoms with van der Waals surface area (Å²) in [4.78, 5) is 125. The van der Waals surface area contributed by atoms with Crippen molar-refractivity contribution in [1.29, 1.82) is 0 Å². The Labute approximate surface area is 458 Å². The Bertz CT molecular complexity index is 2740. The molecule has 0 aliphatic carbocycles. The van der Waals surface area contributed by atoms with Gasteiger partial charge in [-0.2, -0.15) is 0 Å². The average molecular weight is 1100 g/mol. The predicted octanol–water partition coefficient (Wildman–Crippen LogP) is 1.14. The van der Waals surface area contributed by atoms with E-state index in [9.17, 15) is 52.6 Å². The van der Waals surface area contributed by atoms with E-state index in [0.29, 0.717) is 37.1 Å². The van der Waals surface area contributed by atoms with E-state index in [1.807, 2.05) is 51.1 Å². The van der Waals surface area contributed by atoms with E-state index in [0.717, 1.165) is 23.8 Å². The minimum absolute atomic E-state index is 0.0526. The lowest BCUT2D eigenvalue weighted by molar-refractivity contribution is -0.140. The Morgan fingerprint density at radius 3 is 1.92 bits per heavy atom. The lowest BCUT2D eigenvalue weighted by Gasteiger charge is -2.41. The molecule has 0 radical (unpaired) electrons. The van der Waals surface area contributed by atoms with Crippen molar-refractivity contribution in [2.45, 2.75) is 123 Å². The first-order chi connectivity index (χ1) is 37.4. The molecule has 9 amide bonds. The highest BCUT2D eigenvalue weighted by atomic mass is 19.1. The first-order valence-electron chi connectivity index (χ1n) is 25.9. The van der Waals surface area contributed by atoms with Crippen LogP contribution in [0.2, 0.25) is 0 Å². The predicted molar refractivity (Wildman–Crippen MR) is 288 cm³/mol. The first kappa shape index (κ1) is 63.4. The van der Waals surface area contributed by atoms with Crippen LogP contribution in [-0.4, -0.2) is 136 Å². The van der Waals surface area contributed by atoms with E-state index in [2.05, 4.69) is 42.2 Å². The minimum atomic E-state index is -1.73. The summed E-state index contributed by atoms with van der Waals surface area (Å²) in [6, 6.07) is 9.48. The Morgan fingerprint density at radius 2 is 1.33 bits per heavy atom. The molecule has 4 aromatic rings. The number of carbonyl (C=O) groups excluding carboxylic acids is 9. The summed E-state index contributed by atoms with van der Waals surface area (Å²) in [7, 11) is 0. The molecule has 12 N–H and O–H groups in total. The highest BCUT2D eigenvalue weighted by Gasteiger charge is 2.39. The Hall–Kier alpha value is -8.12. The third kappa shape index (κ3) is 20.3. The second-order valence-corrected chi connectivity index (χ2v) is 20.2. The van der Waals surface area contributed by atoms with Crippen molar-refractivity contribution in [3.63, 3.8) is 0 Å². The van der Waals surface area contributed by atoms with E-state index >= 15 is 4.39 Å². The van der Waals surface area contributed by atoms with Crippen molar-refractivity contribution >= 4 is 53.2 Å². The van der Waals surface area contributed by atoms with Crippen LogP contribution in [-0.2, 0) is 56.1 Å². The zero-order chi connectivity index (χ0) is 58.4. The molecule has 0 saturated carbocycles. The molecule has 0 aliphatic heterocycles. The Kier molecular flexibility index (Phi) is 24.7. The summed E-state index contributed by atoms with van der Waals surface area (Å²) < 4.78 is 31.8. The molecule has 0 saturated heterocycles. The summed E-state index contributed by atoms with van der Waals surface area (Å²) in [6.45, 7) is 8.24. The van der Waals surface area contributed by atoms with Gasteiger partial charge in [0.2, 0.25) is 53.2 Å². The van der Waals surface area contributed by atoms with Crippen LogP contribution in [0.25, 0.3) is 11.1 Å². The quantitative estimate of drug-likeness (QED) is 0.0329. The van der Waals surface area contributed by atoms with Crippen molar-refractivity contribution in [3.05, 3.63) is 114 Å². The number of primary amides is 1. The number of hydrogen-bond acceptors (Lipinski definition) is 12. The molecule has 0 spiro atoms. The van der Waals surface area contributed by atoms with Crippen LogP contribution in [0, 0.1) is 17.0 Å². The number of aliphatic hydroxyl groups excluding tert-OH is 1. The fourth-order valence-electron chi connectivity index (χ4n) is 8.69. The molecule has 0 aliphatic rings. The summed E-state index contributed by atoms with van der Waals surface area (Å²) >= 11 is 0. The zero-order valence-corrected chi connectivity index (χ0v) is 45.4. The van der Waals surface area contributed by atoms with Crippen molar-refractivity contribution in [2.24, 2.45) is 16.9 Å². The fraction of sp³-hybridized carbons (Fsp3) is 0.455. The molecule has 2 heterocycles. The van der Waals surface area contributed by atoms with Gasteiger partial charge in [0, 0.05) is 68.5 Å².